The lowest BCUT2D eigenvalue weighted by molar-refractivity contribution is -0.161. The summed E-state index contributed by atoms with van der Waals surface area (Å²) in [5, 5.41) is 10.6. The topological polar surface area (TPSA) is 237 Å². The van der Waals surface area contributed by atoms with Crippen molar-refractivity contribution >= 4 is 39.5 Å². The Morgan fingerprint density at radius 2 is 0.565 bits per heavy atom. The van der Waals surface area contributed by atoms with Gasteiger partial charge in [-0.3, -0.25) is 37.3 Å². The van der Waals surface area contributed by atoms with Gasteiger partial charge >= 0.3 is 39.5 Å². The van der Waals surface area contributed by atoms with Crippen molar-refractivity contribution in [1.82, 2.24) is 0 Å². The predicted molar refractivity (Wildman–Crippen MR) is 372 cm³/mol. The van der Waals surface area contributed by atoms with Gasteiger partial charge in [-0.05, 0) is 116 Å². The first kappa shape index (κ1) is 88.5. The van der Waals surface area contributed by atoms with E-state index >= 15 is 0 Å². The monoisotopic (exact) mass is 1340 g/mol. The van der Waals surface area contributed by atoms with E-state index in [2.05, 4.69) is 101 Å². The molecule has 0 fully saturated rings. The normalized spacial score (nSPS) is 14.5. The first-order chi connectivity index (χ1) is 44.7. The molecule has 0 rings (SSSR count). The Labute approximate surface area is 558 Å². The minimum Gasteiger partial charge on any atom is -0.462 e. The van der Waals surface area contributed by atoms with Crippen LogP contribution in [0, 0.1) is 0 Å². The van der Waals surface area contributed by atoms with E-state index in [4.69, 9.17) is 37.0 Å². The maximum absolute atomic E-state index is 13.0. The van der Waals surface area contributed by atoms with Gasteiger partial charge < -0.3 is 33.8 Å². The Hall–Kier alpha value is -3.50. The molecule has 5 unspecified atom stereocenters. The smallest absolute Gasteiger partial charge is 0.462 e. The summed E-state index contributed by atoms with van der Waals surface area (Å²) in [5.41, 5.74) is 0. The van der Waals surface area contributed by atoms with Gasteiger partial charge in [0.15, 0.2) is 12.2 Å². The molecule has 0 aliphatic carbocycles. The molecule has 0 aromatic rings. The third-order valence-electron chi connectivity index (χ3n) is 15.2. The number of carbonyl (C=O) groups is 4. The van der Waals surface area contributed by atoms with Gasteiger partial charge in [0.2, 0.25) is 0 Å². The molecule has 0 aliphatic heterocycles. The summed E-state index contributed by atoms with van der Waals surface area (Å²) in [6.07, 6.45) is 63.4. The number of carbonyl (C=O) groups excluding carboxylic acids is 4. The van der Waals surface area contributed by atoms with Gasteiger partial charge in [-0.1, -0.05) is 242 Å². The fraction of sp³-hybridized carbons (Fsp3) is 0.781. The Bertz CT molecular complexity index is 2040. The molecule has 0 aromatic carbocycles. The number of aliphatic hydroxyl groups excluding tert-OH is 1. The molecular formula is C73H130O17P2. The van der Waals surface area contributed by atoms with E-state index in [1.165, 1.54) is 89.9 Å². The lowest BCUT2D eigenvalue weighted by atomic mass is 10.1. The van der Waals surface area contributed by atoms with Crippen molar-refractivity contribution in [2.45, 2.75) is 329 Å². The molecule has 0 amide bonds. The van der Waals surface area contributed by atoms with Crippen LogP contribution >= 0.6 is 15.6 Å². The van der Waals surface area contributed by atoms with Crippen molar-refractivity contribution in [3.8, 4) is 0 Å². The van der Waals surface area contributed by atoms with E-state index in [0.29, 0.717) is 25.7 Å². The Balaban J connectivity index is 5.34. The molecule has 5 atom stereocenters. The fourth-order valence-electron chi connectivity index (χ4n) is 9.61. The number of hydrogen-bond donors (Lipinski definition) is 3. The molecule has 0 aliphatic rings. The minimum atomic E-state index is -4.97. The number of unbranched alkanes of at least 4 members (excludes halogenated alkanes) is 30. The molecule has 0 heterocycles. The Morgan fingerprint density at radius 1 is 0.315 bits per heavy atom. The standard InChI is InChI=1S/C73H130O17P2/c1-5-9-13-17-21-25-29-32-33-36-39-42-46-50-54-58-71(76)84-64-69(90-73(78)60-56-52-48-44-40-35-31-27-23-19-15-11-7-3)66-88-92(81,82)86-62-67(74)61-85-91(79,80)87-65-68(89-72(77)59-55-51-47-43-37-28-24-20-16-12-8-4)63-83-70(75)57-53-49-45-41-38-34-30-26-22-18-14-10-6-2/h9,13,21,25-27,30-33,39,42,67-69,74H,5-8,10-12,14-20,22-24,28-29,34-38,40-41,43-66H2,1-4H3,(H,79,80)(H,81,82)/b13-9-,25-21-,30-26-,31-27-,33-32-,42-39-. The average Bonchev–Trinajstić information content (AvgIpc) is 2.73. The molecule has 17 nitrogen and oxygen atoms in total. The van der Waals surface area contributed by atoms with Crippen molar-refractivity contribution in [1.29, 1.82) is 0 Å². The van der Waals surface area contributed by atoms with Crippen LogP contribution in [-0.2, 0) is 65.4 Å². The van der Waals surface area contributed by atoms with Crippen LogP contribution in [0.2, 0.25) is 0 Å². The average molecular weight is 1340 g/mol. The molecular weight excluding hydrogens is 1210 g/mol. The van der Waals surface area contributed by atoms with E-state index in [1.54, 1.807) is 0 Å². The lowest BCUT2D eigenvalue weighted by Crippen LogP contribution is -2.30. The predicted octanol–water partition coefficient (Wildman–Crippen LogP) is 20.1. The highest BCUT2D eigenvalue weighted by Gasteiger charge is 2.30. The minimum absolute atomic E-state index is 0.0777. The molecule has 0 saturated carbocycles. The van der Waals surface area contributed by atoms with Gasteiger partial charge in [-0.15, -0.1) is 0 Å². The second kappa shape index (κ2) is 66.1. The van der Waals surface area contributed by atoms with Gasteiger partial charge in [0, 0.05) is 25.7 Å². The first-order valence-corrected chi connectivity index (χ1v) is 39.2. The second-order valence-corrected chi connectivity index (χ2v) is 27.1. The Morgan fingerprint density at radius 3 is 0.913 bits per heavy atom. The van der Waals surface area contributed by atoms with Gasteiger partial charge in [0.1, 0.15) is 19.3 Å². The zero-order valence-corrected chi connectivity index (χ0v) is 59.8. The number of hydrogen-bond acceptors (Lipinski definition) is 15. The van der Waals surface area contributed by atoms with E-state index < -0.39 is 97.5 Å². The molecule has 92 heavy (non-hydrogen) atoms. The number of phosphoric ester groups is 2. The third-order valence-corrected chi connectivity index (χ3v) is 17.1. The van der Waals surface area contributed by atoms with Crippen molar-refractivity contribution in [2.75, 3.05) is 39.6 Å². The molecule has 0 aromatic heterocycles. The van der Waals surface area contributed by atoms with Crippen molar-refractivity contribution < 1.29 is 80.2 Å². The highest BCUT2D eigenvalue weighted by atomic mass is 31.2. The molecule has 0 radical (unpaired) electrons. The molecule has 0 saturated heterocycles. The van der Waals surface area contributed by atoms with E-state index in [0.717, 1.165) is 141 Å². The lowest BCUT2D eigenvalue weighted by Gasteiger charge is -2.21. The first-order valence-electron chi connectivity index (χ1n) is 36.2. The molecule has 0 spiro atoms. The van der Waals surface area contributed by atoms with E-state index in [9.17, 15) is 43.2 Å². The number of ether oxygens (including phenoxy) is 4. The molecule has 19 heteroatoms. The summed E-state index contributed by atoms with van der Waals surface area (Å²) in [6, 6.07) is 0. The van der Waals surface area contributed by atoms with Gasteiger partial charge in [0.25, 0.3) is 0 Å². The van der Waals surface area contributed by atoms with Crippen molar-refractivity contribution in [2.24, 2.45) is 0 Å². The summed E-state index contributed by atoms with van der Waals surface area (Å²) >= 11 is 0. The fourth-order valence-corrected chi connectivity index (χ4v) is 11.2. The molecule has 534 valence electrons. The highest BCUT2D eigenvalue weighted by molar-refractivity contribution is 7.47. The van der Waals surface area contributed by atoms with Crippen LogP contribution in [0.1, 0.15) is 310 Å². The summed E-state index contributed by atoms with van der Waals surface area (Å²) in [7, 11) is -9.94. The largest absolute Gasteiger partial charge is 0.472 e. The number of phosphoric acid groups is 2. The summed E-state index contributed by atoms with van der Waals surface area (Å²) in [4.78, 5) is 72.6. The van der Waals surface area contributed by atoms with Crippen molar-refractivity contribution in [3.05, 3.63) is 72.9 Å². The maximum atomic E-state index is 13.0. The Kier molecular flexibility index (Phi) is 63.6. The van der Waals surface area contributed by atoms with Gasteiger partial charge in [0.05, 0.1) is 26.4 Å². The number of allylic oxidation sites excluding steroid dienone is 12. The van der Waals surface area contributed by atoms with Gasteiger partial charge in [-0.2, -0.15) is 0 Å². The van der Waals surface area contributed by atoms with Crippen LogP contribution in [0.5, 0.6) is 0 Å². The van der Waals surface area contributed by atoms with Crippen LogP contribution in [0.3, 0.4) is 0 Å². The van der Waals surface area contributed by atoms with Crippen molar-refractivity contribution in [3.63, 3.8) is 0 Å². The van der Waals surface area contributed by atoms with Gasteiger partial charge in [-0.25, -0.2) is 9.13 Å². The second-order valence-electron chi connectivity index (χ2n) is 24.2. The zero-order valence-electron chi connectivity index (χ0n) is 58.0. The molecule has 0 bridgehead atoms. The third kappa shape index (κ3) is 65.2. The van der Waals surface area contributed by atoms with Crippen LogP contribution < -0.4 is 0 Å². The van der Waals surface area contributed by atoms with Crippen LogP contribution in [0.4, 0.5) is 0 Å². The SMILES string of the molecule is CC/C=C\C/C=C\C/C=C\C/C=C\CCCCC(=O)OCC(COP(=O)(O)OCC(O)COP(=O)(O)OCC(COC(=O)CCCCCCC/C=C\CCCCCC)OC(=O)CCCCCCCCCCCCC)OC(=O)CCCCCCC/C=C\CCCCCC. The van der Waals surface area contributed by atoms with Crippen LogP contribution in [0.15, 0.2) is 72.9 Å². The zero-order chi connectivity index (χ0) is 67.5. The molecule has 3 N–H and O–H groups in total. The summed E-state index contributed by atoms with van der Waals surface area (Å²) in [6.45, 7) is 4.67. The summed E-state index contributed by atoms with van der Waals surface area (Å²) < 4.78 is 68.2. The maximum Gasteiger partial charge on any atom is 0.472 e. The summed E-state index contributed by atoms with van der Waals surface area (Å²) in [5.74, 6) is -2.22. The number of esters is 4. The van der Waals surface area contributed by atoms with Crippen LogP contribution in [0.25, 0.3) is 0 Å². The van der Waals surface area contributed by atoms with Crippen LogP contribution in [-0.4, -0.2) is 96.7 Å². The quantitative estimate of drug-likeness (QED) is 0.0169. The van der Waals surface area contributed by atoms with E-state index in [1.807, 2.05) is 0 Å². The number of rotatable bonds is 68. The van der Waals surface area contributed by atoms with E-state index in [-0.39, 0.29) is 25.7 Å². The number of aliphatic hydroxyl groups is 1. The highest BCUT2D eigenvalue weighted by Crippen LogP contribution is 2.45.